The highest BCUT2D eigenvalue weighted by Gasteiger charge is 2.40. The van der Waals surface area contributed by atoms with Gasteiger partial charge in [-0.2, -0.15) is 5.10 Å². The minimum Gasteiger partial charge on any atom is -0.365 e. The van der Waals surface area contributed by atoms with Gasteiger partial charge in [0.1, 0.15) is 6.29 Å². The SMILES string of the molecule is O=CC=Cn1nc(NC2CC2)c2c1CC(c1ccccn1)(c1ccccn1)C=C2. The average molecular weight is 383 g/mol. The molecule has 2 aliphatic carbocycles. The number of allylic oxidation sites excluding steroid dienone is 2. The molecule has 0 aromatic carbocycles. The van der Waals surface area contributed by atoms with Crippen LogP contribution in [0.1, 0.15) is 35.5 Å². The molecule has 0 saturated heterocycles. The third-order valence-corrected chi connectivity index (χ3v) is 5.50. The number of carbonyl (C=O) groups is 1. The number of aldehydes is 1. The summed E-state index contributed by atoms with van der Waals surface area (Å²) in [4.78, 5) is 20.3. The summed E-state index contributed by atoms with van der Waals surface area (Å²) >= 11 is 0. The molecule has 1 N–H and O–H groups in total. The molecule has 6 nitrogen and oxygen atoms in total. The summed E-state index contributed by atoms with van der Waals surface area (Å²) in [6.07, 6.45) is 14.9. The molecule has 6 heteroatoms. The lowest BCUT2D eigenvalue weighted by atomic mass is 9.72. The Kier molecular flexibility index (Phi) is 4.31. The fourth-order valence-electron chi connectivity index (χ4n) is 3.89. The summed E-state index contributed by atoms with van der Waals surface area (Å²) in [5.41, 5.74) is 3.47. The molecule has 0 atom stereocenters. The number of hydrogen-bond acceptors (Lipinski definition) is 5. The highest BCUT2D eigenvalue weighted by Crippen LogP contribution is 2.42. The van der Waals surface area contributed by atoms with Gasteiger partial charge in [-0.05, 0) is 43.2 Å². The van der Waals surface area contributed by atoms with Crippen LogP contribution in [0, 0.1) is 0 Å². The first kappa shape index (κ1) is 17.6. The zero-order chi connectivity index (χ0) is 19.7. The molecule has 3 heterocycles. The molecule has 1 saturated carbocycles. The van der Waals surface area contributed by atoms with E-state index in [9.17, 15) is 4.79 Å². The molecular weight excluding hydrogens is 362 g/mol. The molecule has 144 valence electrons. The van der Waals surface area contributed by atoms with E-state index < -0.39 is 5.41 Å². The maximum Gasteiger partial charge on any atom is 0.156 e. The molecule has 29 heavy (non-hydrogen) atoms. The smallest absolute Gasteiger partial charge is 0.156 e. The van der Waals surface area contributed by atoms with E-state index in [-0.39, 0.29) is 0 Å². The number of anilines is 1. The van der Waals surface area contributed by atoms with E-state index in [0.29, 0.717) is 12.5 Å². The minimum atomic E-state index is -0.501. The van der Waals surface area contributed by atoms with E-state index in [1.807, 2.05) is 48.8 Å². The minimum absolute atomic E-state index is 0.490. The molecule has 0 bridgehead atoms. The van der Waals surface area contributed by atoms with E-state index in [1.165, 1.54) is 18.9 Å². The van der Waals surface area contributed by atoms with Gasteiger partial charge in [0.2, 0.25) is 0 Å². The molecule has 3 aromatic heterocycles. The van der Waals surface area contributed by atoms with Crippen LogP contribution in [-0.2, 0) is 16.6 Å². The van der Waals surface area contributed by atoms with E-state index >= 15 is 0 Å². The fraction of sp³-hybridized carbons (Fsp3) is 0.217. The van der Waals surface area contributed by atoms with Crippen LogP contribution in [0.4, 0.5) is 5.82 Å². The number of nitrogens with zero attached hydrogens (tertiary/aromatic N) is 4. The Balaban J connectivity index is 1.67. The summed E-state index contributed by atoms with van der Waals surface area (Å²) in [6, 6.07) is 12.4. The molecule has 2 aliphatic rings. The summed E-state index contributed by atoms with van der Waals surface area (Å²) in [5.74, 6) is 0.866. The first-order valence-electron chi connectivity index (χ1n) is 9.82. The van der Waals surface area contributed by atoms with Crippen LogP contribution in [0.15, 0.2) is 60.9 Å². The van der Waals surface area contributed by atoms with Gasteiger partial charge in [0.15, 0.2) is 5.82 Å². The van der Waals surface area contributed by atoms with Crippen LogP contribution >= 0.6 is 0 Å². The Bertz CT molecular complexity index is 1040. The molecule has 1 fully saturated rings. The Morgan fingerprint density at radius 3 is 2.38 bits per heavy atom. The van der Waals surface area contributed by atoms with Gasteiger partial charge >= 0.3 is 0 Å². The lowest BCUT2D eigenvalue weighted by Crippen LogP contribution is -2.33. The number of pyridine rings is 2. The van der Waals surface area contributed by atoms with Crippen molar-refractivity contribution in [1.29, 1.82) is 0 Å². The maximum absolute atomic E-state index is 10.9. The van der Waals surface area contributed by atoms with E-state index in [0.717, 1.165) is 34.7 Å². The average Bonchev–Trinajstić information content (AvgIpc) is 3.54. The van der Waals surface area contributed by atoms with Crippen molar-refractivity contribution in [3.63, 3.8) is 0 Å². The second-order valence-electron chi connectivity index (χ2n) is 7.46. The lowest BCUT2D eigenvalue weighted by Gasteiger charge is -2.32. The third-order valence-electron chi connectivity index (χ3n) is 5.50. The second kappa shape index (κ2) is 7.13. The van der Waals surface area contributed by atoms with Crippen LogP contribution in [0.5, 0.6) is 0 Å². The van der Waals surface area contributed by atoms with Crippen molar-refractivity contribution >= 4 is 24.4 Å². The number of rotatable bonds is 6. The van der Waals surface area contributed by atoms with Gasteiger partial charge in [0, 0.05) is 36.6 Å². The zero-order valence-electron chi connectivity index (χ0n) is 15.9. The van der Waals surface area contributed by atoms with Crippen LogP contribution in [0.2, 0.25) is 0 Å². The van der Waals surface area contributed by atoms with Crippen molar-refractivity contribution in [2.24, 2.45) is 0 Å². The van der Waals surface area contributed by atoms with Crippen LogP contribution in [0.25, 0.3) is 12.3 Å². The largest absolute Gasteiger partial charge is 0.365 e. The van der Waals surface area contributed by atoms with Gasteiger partial charge < -0.3 is 5.32 Å². The summed E-state index contributed by atoms with van der Waals surface area (Å²) in [5, 5.41) is 8.24. The van der Waals surface area contributed by atoms with E-state index in [4.69, 9.17) is 5.10 Å². The van der Waals surface area contributed by atoms with Gasteiger partial charge in [-0.15, -0.1) is 0 Å². The van der Waals surface area contributed by atoms with Crippen LogP contribution < -0.4 is 5.32 Å². The molecule has 0 amide bonds. The van der Waals surface area contributed by atoms with Gasteiger partial charge in [-0.1, -0.05) is 24.3 Å². The molecule has 0 unspecified atom stereocenters. The van der Waals surface area contributed by atoms with Crippen molar-refractivity contribution in [3.05, 3.63) is 83.6 Å². The van der Waals surface area contributed by atoms with Crippen molar-refractivity contribution in [1.82, 2.24) is 19.7 Å². The first-order valence-corrected chi connectivity index (χ1v) is 9.82. The summed E-state index contributed by atoms with van der Waals surface area (Å²) in [7, 11) is 0. The number of nitrogens with one attached hydrogen (secondary N) is 1. The monoisotopic (exact) mass is 383 g/mol. The van der Waals surface area contributed by atoms with Gasteiger partial charge in [-0.3, -0.25) is 14.8 Å². The van der Waals surface area contributed by atoms with Gasteiger partial charge in [0.25, 0.3) is 0 Å². The lowest BCUT2D eigenvalue weighted by molar-refractivity contribution is -0.104. The fourth-order valence-corrected chi connectivity index (χ4v) is 3.89. The number of carbonyl (C=O) groups excluding carboxylic acids is 1. The Morgan fingerprint density at radius 1 is 1.07 bits per heavy atom. The predicted octanol–water partition coefficient (Wildman–Crippen LogP) is 3.47. The highest BCUT2D eigenvalue weighted by molar-refractivity contribution is 5.74. The Hall–Kier alpha value is -3.54. The zero-order valence-corrected chi connectivity index (χ0v) is 15.9. The molecule has 0 aliphatic heterocycles. The standard InChI is InChI=1S/C23H21N5O/c29-15-5-14-28-19-16-23(20-6-1-3-12-24-20,21-7-2-4-13-25-21)11-10-18(19)22(27-28)26-17-8-9-17/h1-7,10-15,17H,8-9,16H2,(H,26,27). The van der Waals surface area contributed by atoms with Gasteiger partial charge in [-0.25, -0.2) is 4.68 Å². The van der Waals surface area contributed by atoms with Crippen LogP contribution in [-0.4, -0.2) is 32.1 Å². The molecular formula is C23H21N5O. The molecule has 0 radical (unpaired) electrons. The number of fused-ring (bicyclic) bond motifs is 1. The van der Waals surface area contributed by atoms with E-state index in [2.05, 4.69) is 27.4 Å². The van der Waals surface area contributed by atoms with Crippen molar-refractivity contribution in [2.75, 3.05) is 5.32 Å². The Labute approximate surface area is 169 Å². The topological polar surface area (TPSA) is 72.7 Å². The third kappa shape index (κ3) is 3.16. The Morgan fingerprint density at radius 2 is 1.79 bits per heavy atom. The number of hydrogen-bond donors (Lipinski definition) is 1. The second-order valence-corrected chi connectivity index (χ2v) is 7.46. The van der Waals surface area contributed by atoms with Crippen molar-refractivity contribution < 1.29 is 4.79 Å². The first-order chi connectivity index (χ1) is 14.3. The van der Waals surface area contributed by atoms with Crippen LogP contribution in [0.3, 0.4) is 0 Å². The maximum atomic E-state index is 10.9. The molecule has 0 spiro atoms. The summed E-state index contributed by atoms with van der Waals surface area (Å²) < 4.78 is 1.80. The quantitative estimate of drug-likeness (QED) is 0.521. The normalized spacial score (nSPS) is 17.2. The van der Waals surface area contributed by atoms with Gasteiger partial charge in [0.05, 0.1) is 22.5 Å². The predicted molar refractivity (Wildman–Crippen MR) is 112 cm³/mol. The highest BCUT2D eigenvalue weighted by atomic mass is 16.1. The molecule has 5 rings (SSSR count). The van der Waals surface area contributed by atoms with Crippen molar-refractivity contribution in [2.45, 2.75) is 30.7 Å². The van der Waals surface area contributed by atoms with E-state index in [1.54, 1.807) is 10.9 Å². The summed E-state index contributed by atoms with van der Waals surface area (Å²) in [6.45, 7) is 0. The van der Waals surface area contributed by atoms with Crippen molar-refractivity contribution in [3.8, 4) is 0 Å². The molecule has 3 aromatic rings. The number of aromatic nitrogens is 4.